The average Bonchev–Trinajstić information content (AvgIpc) is 2.39. The molecule has 2 nitrogen and oxygen atoms in total. The van der Waals surface area contributed by atoms with E-state index in [0.717, 1.165) is 18.8 Å². The van der Waals surface area contributed by atoms with E-state index in [9.17, 15) is 4.79 Å². The molecule has 0 N–H and O–H groups in total. The van der Waals surface area contributed by atoms with Gasteiger partial charge in [-0.25, -0.2) is 0 Å². The lowest BCUT2D eigenvalue weighted by atomic mass is 9.77. The molecule has 1 fully saturated rings. The van der Waals surface area contributed by atoms with Crippen LogP contribution in [0, 0.1) is 11.8 Å². The highest BCUT2D eigenvalue weighted by Crippen LogP contribution is 2.32. The molecule has 0 bridgehead atoms. The second-order valence-electron chi connectivity index (χ2n) is 4.72. The van der Waals surface area contributed by atoms with Crippen LogP contribution in [0.25, 0.3) is 0 Å². The molecule has 0 saturated heterocycles. The maximum atomic E-state index is 12.2. The molecule has 1 saturated carbocycles. The van der Waals surface area contributed by atoms with Crippen LogP contribution in [0.4, 0.5) is 0 Å². The van der Waals surface area contributed by atoms with E-state index < -0.39 is 0 Å². The van der Waals surface area contributed by atoms with E-state index in [4.69, 9.17) is 0 Å². The van der Waals surface area contributed by atoms with Crippen molar-refractivity contribution in [2.24, 2.45) is 11.8 Å². The van der Waals surface area contributed by atoms with Crippen LogP contribution < -0.4 is 0 Å². The Morgan fingerprint density at radius 2 is 2.31 bits per heavy atom. The van der Waals surface area contributed by atoms with Gasteiger partial charge in [-0.05, 0) is 30.9 Å². The van der Waals surface area contributed by atoms with Crippen LogP contribution in [0.15, 0.2) is 24.4 Å². The number of carbonyl (C=O) groups excluding carboxylic acids is 1. The lowest BCUT2D eigenvalue weighted by Gasteiger charge is -2.27. The molecule has 16 heavy (non-hydrogen) atoms. The standard InChI is InChI=1S/C14H19NO/c1-2-11-6-5-7-12(10-11)14(16)13-8-3-4-9-15-13/h3-4,8-9,11-12H,2,5-7,10H2,1H3. The molecule has 2 atom stereocenters. The van der Waals surface area contributed by atoms with Gasteiger partial charge in [0, 0.05) is 12.1 Å². The third kappa shape index (κ3) is 2.49. The predicted molar refractivity (Wildman–Crippen MR) is 64.3 cm³/mol. The number of aromatic nitrogens is 1. The smallest absolute Gasteiger partial charge is 0.184 e. The van der Waals surface area contributed by atoms with E-state index in [-0.39, 0.29) is 11.7 Å². The Labute approximate surface area is 97.1 Å². The Kier molecular flexibility index (Phi) is 3.70. The average molecular weight is 217 g/mol. The summed E-state index contributed by atoms with van der Waals surface area (Å²) in [7, 11) is 0. The van der Waals surface area contributed by atoms with Crippen molar-refractivity contribution in [2.75, 3.05) is 0 Å². The van der Waals surface area contributed by atoms with Gasteiger partial charge >= 0.3 is 0 Å². The van der Waals surface area contributed by atoms with Gasteiger partial charge in [0.15, 0.2) is 5.78 Å². The van der Waals surface area contributed by atoms with E-state index in [2.05, 4.69) is 11.9 Å². The van der Waals surface area contributed by atoms with Crippen LogP contribution in [-0.2, 0) is 0 Å². The van der Waals surface area contributed by atoms with Crippen LogP contribution in [0.3, 0.4) is 0 Å². The number of carbonyl (C=O) groups is 1. The van der Waals surface area contributed by atoms with Crippen LogP contribution in [0.1, 0.15) is 49.5 Å². The highest BCUT2D eigenvalue weighted by atomic mass is 16.1. The molecule has 0 amide bonds. The fourth-order valence-corrected chi connectivity index (χ4v) is 2.62. The lowest BCUT2D eigenvalue weighted by Crippen LogP contribution is -2.23. The topological polar surface area (TPSA) is 30.0 Å². The van der Waals surface area contributed by atoms with Crippen molar-refractivity contribution in [2.45, 2.75) is 39.0 Å². The Hall–Kier alpha value is -1.18. The summed E-state index contributed by atoms with van der Waals surface area (Å²) < 4.78 is 0. The van der Waals surface area contributed by atoms with E-state index in [1.807, 2.05) is 18.2 Å². The van der Waals surface area contributed by atoms with Crippen molar-refractivity contribution in [3.8, 4) is 0 Å². The van der Waals surface area contributed by atoms with E-state index in [1.165, 1.54) is 19.3 Å². The molecular formula is C14H19NO. The molecule has 1 heterocycles. The van der Waals surface area contributed by atoms with Crippen LogP contribution in [0.5, 0.6) is 0 Å². The first-order valence-corrected chi connectivity index (χ1v) is 6.26. The van der Waals surface area contributed by atoms with E-state index >= 15 is 0 Å². The minimum atomic E-state index is 0.216. The number of ketones is 1. The van der Waals surface area contributed by atoms with Gasteiger partial charge in [0.2, 0.25) is 0 Å². The Morgan fingerprint density at radius 1 is 1.44 bits per heavy atom. The summed E-state index contributed by atoms with van der Waals surface area (Å²) >= 11 is 0. The number of hydrogen-bond acceptors (Lipinski definition) is 2. The molecule has 2 heteroatoms. The number of nitrogens with zero attached hydrogens (tertiary/aromatic N) is 1. The third-order valence-corrected chi connectivity index (χ3v) is 3.65. The largest absolute Gasteiger partial charge is 0.292 e. The number of Topliss-reactive ketones (excluding diaryl/α,β-unsaturated/α-hetero) is 1. The fraction of sp³-hybridized carbons (Fsp3) is 0.571. The minimum absolute atomic E-state index is 0.216. The van der Waals surface area contributed by atoms with Crippen LogP contribution in [0.2, 0.25) is 0 Å². The van der Waals surface area contributed by atoms with Crippen molar-refractivity contribution in [3.05, 3.63) is 30.1 Å². The first-order valence-electron chi connectivity index (χ1n) is 6.26. The van der Waals surface area contributed by atoms with Gasteiger partial charge in [0.25, 0.3) is 0 Å². The van der Waals surface area contributed by atoms with Gasteiger partial charge in [-0.1, -0.05) is 32.3 Å². The fourth-order valence-electron chi connectivity index (χ4n) is 2.62. The first-order chi connectivity index (χ1) is 7.81. The highest BCUT2D eigenvalue weighted by Gasteiger charge is 2.27. The van der Waals surface area contributed by atoms with Crippen molar-refractivity contribution < 1.29 is 4.79 Å². The second-order valence-corrected chi connectivity index (χ2v) is 4.72. The summed E-state index contributed by atoms with van der Waals surface area (Å²) in [6.45, 7) is 2.22. The van der Waals surface area contributed by atoms with Crippen molar-refractivity contribution in [1.82, 2.24) is 4.98 Å². The monoisotopic (exact) mass is 217 g/mol. The van der Waals surface area contributed by atoms with Gasteiger partial charge in [-0.15, -0.1) is 0 Å². The molecule has 0 aliphatic heterocycles. The summed E-state index contributed by atoms with van der Waals surface area (Å²) in [6, 6.07) is 5.57. The molecule has 86 valence electrons. The quantitative estimate of drug-likeness (QED) is 0.725. The van der Waals surface area contributed by atoms with Crippen LogP contribution >= 0.6 is 0 Å². The molecule has 0 spiro atoms. The molecule has 2 rings (SSSR count). The van der Waals surface area contributed by atoms with Crippen molar-refractivity contribution >= 4 is 5.78 Å². The summed E-state index contributed by atoms with van der Waals surface area (Å²) in [4.78, 5) is 16.4. The summed E-state index contributed by atoms with van der Waals surface area (Å²) in [5.74, 6) is 1.21. The zero-order chi connectivity index (χ0) is 11.4. The zero-order valence-corrected chi connectivity index (χ0v) is 9.86. The maximum Gasteiger partial charge on any atom is 0.184 e. The third-order valence-electron chi connectivity index (χ3n) is 3.65. The molecule has 0 radical (unpaired) electrons. The SMILES string of the molecule is CCC1CCCC(C(=O)c2ccccn2)C1. The Morgan fingerprint density at radius 3 is 3.00 bits per heavy atom. The van der Waals surface area contributed by atoms with Gasteiger partial charge in [-0.2, -0.15) is 0 Å². The number of pyridine rings is 1. The molecule has 1 aromatic heterocycles. The molecule has 1 aliphatic rings. The van der Waals surface area contributed by atoms with E-state index in [0.29, 0.717) is 5.69 Å². The van der Waals surface area contributed by atoms with Gasteiger partial charge in [0.05, 0.1) is 0 Å². The summed E-state index contributed by atoms with van der Waals surface area (Å²) in [5.41, 5.74) is 0.643. The highest BCUT2D eigenvalue weighted by molar-refractivity contribution is 5.96. The Bertz CT molecular complexity index is 347. The van der Waals surface area contributed by atoms with Gasteiger partial charge in [-0.3, -0.25) is 9.78 Å². The first kappa shape index (κ1) is 11.3. The molecular weight excluding hydrogens is 198 g/mol. The number of hydrogen-bond donors (Lipinski definition) is 0. The summed E-state index contributed by atoms with van der Waals surface area (Å²) in [5, 5.41) is 0. The Balaban J connectivity index is 2.05. The normalized spacial score (nSPS) is 25.3. The van der Waals surface area contributed by atoms with Crippen molar-refractivity contribution in [1.29, 1.82) is 0 Å². The van der Waals surface area contributed by atoms with Crippen molar-refractivity contribution in [3.63, 3.8) is 0 Å². The van der Waals surface area contributed by atoms with Gasteiger partial charge in [0.1, 0.15) is 5.69 Å². The zero-order valence-electron chi connectivity index (χ0n) is 9.86. The maximum absolute atomic E-state index is 12.2. The van der Waals surface area contributed by atoms with Crippen LogP contribution in [-0.4, -0.2) is 10.8 Å². The molecule has 0 aromatic carbocycles. The number of rotatable bonds is 3. The molecule has 1 aliphatic carbocycles. The molecule has 2 unspecified atom stereocenters. The molecule has 1 aromatic rings. The van der Waals surface area contributed by atoms with E-state index in [1.54, 1.807) is 6.20 Å². The summed E-state index contributed by atoms with van der Waals surface area (Å²) in [6.07, 6.45) is 7.50. The minimum Gasteiger partial charge on any atom is -0.292 e. The lowest BCUT2D eigenvalue weighted by molar-refractivity contribution is 0.0856. The second kappa shape index (κ2) is 5.24. The predicted octanol–water partition coefficient (Wildman–Crippen LogP) is 3.48. The van der Waals surface area contributed by atoms with Gasteiger partial charge < -0.3 is 0 Å².